The Morgan fingerprint density at radius 2 is 2.00 bits per heavy atom. The van der Waals surface area contributed by atoms with E-state index in [1.54, 1.807) is 0 Å². The smallest absolute Gasteiger partial charge is 0.0485 e. The zero-order valence-corrected chi connectivity index (χ0v) is 8.81. The second kappa shape index (κ2) is 2.72. The second-order valence-electron chi connectivity index (χ2n) is 4.96. The summed E-state index contributed by atoms with van der Waals surface area (Å²) in [5.41, 5.74) is 1.68. The van der Waals surface area contributed by atoms with E-state index in [0.29, 0.717) is 5.41 Å². The lowest BCUT2D eigenvalue weighted by Crippen LogP contribution is -2.35. The molecule has 1 nitrogen and oxygen atoms in total. The fraction of sp³-hybridized carbons (Fsp3) is 0.727. The molecule has 1 rings (SSSR count). The van der Waals surface area contributed by atoms with Crippen LogP contribution >= 0.6 is 0 Å². The Bertz CT molecular complexity index is 230. The van der Waals surface area contributed by atoms with Crippen LogP contribution in [0.25, 0.3) is 0 Å². The van der Waals surface area contributed by atoms with Crippen LogP contribution in [0.15, 0.2) is 17.1 Å². The zero-order chi connectivity index (χ0) is 9.41. The van der Waals surface area contributed by atoms with Gasteiger partial charge in [0.1, 0.15) is 0 Å². The molecule has 0 bridgehead atoms. The minimum Gasteiger partial charge on any atom is -0.289 e. The average molecular weight is 165 g/mol. The Balaban J connectivity index is 2.86. The highest BCUT2D eigenvalue weighted by molar-refractivity contribution is 5.93. The first-order chi connectivity index (χ1) is 5.35. The van der Waals surface area contributed by atoms with E-state index < -0.39 is 0 Å². The first kappa shape index (κ1) is 9.50. The van der Waals surface area contributed by atoms with Crippen molar-refractivity contribution in [3.8, 4) is 0 Å². The molecule has 0 amide bonds. The van der Waals surface area contributed by atoms with Gasteiger partial charge in [0.15, 0.2) is 0 Å². The van der Waals surface area contributed by atoms with E-state index in [-0.39, 0.29) is 5.41 Å². The molecule has 0 radical (unpaired) electrons. The third-order valence-electron chi connectivity index (χ3n) is 3.06. The van der Waals surface area contributed by atoms with Crippen LogP contribution in [-0.4, -0.2) is 12.3 Å². The van der Waals surface area contributed by atoms with Gasteiger partial charge in [-0.25, -0.2) is 0 Å². The first-order valence-electron chi connectivity index (χ1n) is 4.55. The third kappa shape index (κ3) is 1.60. The third-order valence-corrected chi connectivity index (χ3v) is 3.06. The molecule has 1 heterocycles. The quantitative estimate of drug-likeness (QED) is 0.523. The highest BCUT2D eigenvalue weighted by Crippen LogP contribution is 2.41. The fourth-order valence-corrected chi connectivity index (χ4v) is 1.19. The lowest BCUT2D eigenvalue weighted by Gasteiger charge is -2.40. The molecule has 0 saturated heterocycles. The second-order valence-corrected chi connectivity index (χ2v) is 4.96. The van der Waals surface area contributed by atoms with E-state index >= 15 is 0 Å². The summed E-state index contributed by atoms with van der Waals surface area (Å²) >= 11 is 0. The Hall–Kier alpha value is -0.590. The molecule has 1 aliphatic heterocycles. The van der Waals surface area contributed by atoms with Crippen LogP contribution in [0.3, 0.4) is 0 Å². The number of aliphatic imine (C=N–C) groups is 1. The van der Waals surface area contributed by atoms with E-state index in [0.717, 1.165) is 12.3 Å². The highest BCUT2D eigenvalue weighted by atomic mass is 14.8. The largest absolute Gasteiger partial charge is 0.289 e. The Morgan fingerprint density at radius 3 is 2.33 bits per heavy atom. The lowest BCUT2D eigenvalue weighted by molar-refractivity contribution is 0.177. The van der Waals surface area contributed by atoms with Gasteiger partial charge in [0.25, 0.3) is 0 Å². The van der Waals surface area contributed by atoms with Gasteiger partial charge in [-0.05, 0) is 18.4 Å². The summed E-state index contributed by atoms with van der Waals surface area (Å²) in [6.45, 7) is 12.1. The van der Waals surface area contributed by atoms with Crippen LogP contribution in [0.5, 0.6) is 0 Å². The molecule has 0 aromatic carbocycles. The lowest BCUT2D eigenvalue weighted by atomic mass is 9.67. The Kier molecular flexibility index (Phi) is 2.15. The highest BCUT2D eigenvalue weighted by Gasteiger charge is 2.35. The van der Waals surface area contributed by atoms with Crippen molar-refractivity contribution in [2.45, 2.75) is 34.6 Å². The van der Waals surface area contributed by atoms with Gasteiger partial charge in [0, 0.05) is 17.7 Å². The molecular formula is C11H19N. The van der Waals surface area contributed by atoms with Gasteiger partial charge in [-0.3, -0.25) is 4.99 Å². The molecule has 0 aliphatic carbocycles. The summed E-state index contributed by atoms with van der Waals surface area (Å²) in [6.07, 6.45) is 4.43. The molecule has 0 N–H and O–H groups in total. The molecule has 0 spiro atoms. The summed E-state index contributed by atoms with van der Waals surface area (Å²) in [5.74, 6) is 0. The van der Waals surface area contributed by atoms with Gasteiger partial charge in [-0.15, -0.1) is 0 Å². The number of nitrogens with zero attached hydrogens (tertiary/aromatic N) is 1. The minimum absolute atomic E-state index is 0.229. The fourth-order valence-electron chi connectivity index (χ4n) is 1.19. The van der Waals surface area contributed by atoms with Crippen molar-refractivity contribution in [1.82, 2.24) is 0 Å². The van der Waals surface area contributed by atoms with Crippen molar-refractivity contribution >= 4 is 5.71 Å². The van der Waals surface area contributed by atoms with Gasteiger partial charge in [0.2, 0.25) is 0 Å². The maximum Gasteiger partial charge on any atom is 0.0485 e. The van der Waals surface area contributed by atoms with Gasteiger partial charge < -0.3 is 0 Å². The number of dihydropyridines is 1. The first-order valence-corrected chi connectivity index (χ1v) is 4.55. The van der Waals surface area contributed by atoms with E-state index in [4.69, 9.17) is 0 Å². The van der Waals surface area contributed by atoms with Crippen LogP contribution in [0, 0.1) is 10.8 Å². The molecule has 68 valence electrons. The Morgan fingerprint density at radius 1 is 1.42 bits per heavy atom. The van der Waals surface area contributed by atoms with Gasteiger partial charge in [0.05, 0.1) is 0 Å². The zero-order valence-electron chi connectivity index (χ0n) is 8.81. The van der Waals surface area contributed by atoms with E-state index in [2.05, 4.69) is 51.8 Å². The molecule has 1 atom stereocenters. The van der Waals surface area contributed by atoms with Crippen molar-refractivity contribution in [3.05, 3.63) is 12.2 Å². The van der Waals surface area contributed by atoms with Crippen LogP contribution < -0.4 is 0 Å². The SMILES string of the molecule is CC1=NCC(C)(C(C)(C)C)C=C1. The number of allylic oxidation sites excluding steroid dienone is 1. The van der Waals surface area contributed by atoms with Gasteiger partial charge in [-0.2, -0.15) is 0 Å². The molecule has 0 fully saturated rings. The van der Waals surface area contributed by atoms with Crippen molar-refractivity contribution in [1.29, 1.82) is 0 Å². The number of hydrogen-bond acceptors (Lipinski definition) is 1. The van der Waals surface area contributed by atoms with Crippen molar-refractivity contribution < 1.29 is 0 Å². The van der Waals surface area contributed by atoms with Crippen LogP contribution in [0.2, 0.25) is 0 Å². The topological polar surface area (TPSA) is 12.4 Å². The number of rotatable bonds is 0. The summed E-state index contributed by atoms with van der Waals surface area (Å²) in [7, 11) is 0. The van der Waals surface area contributed by atoms with Crippen molar-refractivity contribution in [3.63, 3.8) is 0 Å². The van der Waals surface area contributed by atoms with Crippen LogP contribution in [0.1, 0.15) is 34.6 Å². The molecule has 1 aliphatic rings. The predicted molar refractivity (Wildman–Crippen MR) is 54.7 cm³/mol. The standard InChI is InChI=1S/C11H19N/c1-9-6-7-11(5,8-12-9)10(2,3)4/h6-7H,8H2,1-5H3. The van der Waals surface area contributed by atoms with Crippen LogP contribution in [0.4, 0.5) is 0 Å². The minimum atomic E-state index is 0.229. The predicted octanol–water partition coefficient (Wildman–Crippen LogP) is 3.07. The summed E-state index contributed by atoms with van der Waals surface area (Å²) in [4.78, 5) is 4.48. The average Bonchev–Trinajstić information content (AvgIpc) is 1.93. The monoisotopic (exact) mass is 165 g/mol. The van der Waals surface area contributed by atoms with Crippen LogP contribution in [-0.2, 0) is 0 Å². The molecule has 0 saturated carbocycles. The molecular weight excluding hydrogens is 146 g/mol. The van der Waals surface area contributed by atoms with Crippen molar-refractivity contribution in [2.75, 3.05) is 6.54 Å². The molecule has 1 heteroatoms. The molecule has 0 aromatic rings. The normalized spacial score (nSPS) is 30.2. The summed E-state index contributed by atoms with van der Waals surface area (Å²) in [5, 5.41) is 0. The number of hydrogen-bond donors (Lipinski definition) is 0. The summed E-state index contributed by atoms with van der Waals surface area (Å²) < 4.78 is 0. The molecule has 12 heavy (non-hydrogen) atoms. The van der Waals surface area contributed by atoms with E-state index in [9.17, 15) is 0 Å². The van der Waals surface area contributed by atoms with E-state index in [1.165, 1.54) is 0 Å². The maximum absolute atomic E-state index is 4.48. The maximum atomic E-state index is 4.48. The summed E-state index contributed by atoms with van der Waals surface area (Å²) in [6, 6.07) is 0. The molecule has 1 unspecified atom stereocenters. The van der Waals surface area contributed by atoms with Crippen molar-refractivity contribution in [2.24, 2.45) is 15.8 Å². The molecule has 0 aromatic heterocycles. The van der Waals surface area contributed by atoms with E-state index in [1.807, 2.05) is 0 Å². The Labute approximate surface area is 75.6 Å². The van der Waals surface area contributed by atoms with Gasteiger partial charge in [-0.1, -0.05) is 33.8 Å². The van der Waals surface area contributed by atoms with Gasteiger partial charge >= 0.3 is 0 Å².